The van der Waals surface area contributed by atoms with E-state index in [0.29, 0.717) is 0 Å². The Morgan fingerprint density at radius 1 is 1.37 bits per heavy atom. The molecule has 0 atom stereocenters. The molecule has 19 heavy (non-hydrogen) atoms. The molecule has 1 radical (unpaired) electrons. The predicted molar refractivity (Wildman–Crippen MR) is 70.8 cm³/mol. The van der Waals surface area contributed by atoms with Crippen molar-refractivity contribution in [2.24, 2.45) is 0 Å². The second-order valence-corrected chi connectivity index (χ2v) is 3.84. The number of nitrogens with zero attached hydrogens (tertiary/aromatic N) is 2. The van der Waals surface area contributed by atoms with E-state index in [9.17, 15) is 9.59 Å². The Bertz CT molecular complexity index is 588. The number of hydrogen-bond donors (Lipinski definition) is 1. The minimum absolute atomic E-state index is 0.146. The van der Waals surface area contributed by atoms with Crippen LogP contribution in [-0.2, 0) is 4.79 Å². The molecule has 1 N–H and O–H groups in total. The first kappa shape index (κ1) is 12.8. The Kier molecular flexibility index (Phi) is 3.87. The van der Waals surface area contributed by atoms with Crippen molar-refractivity contribution in [1.29, 1.82) is 0 Å². The van der Waals surface area contributed by atoms with Crippen molar-refractivity contribution in [3.63, 3.8) is 0 Å². The van der Waals surface area contributed by atoms with Gasteiger partial charge in [-0.15, -0.1) is 0 Å². The van der Waals surface area contributed by atoms with Crippen molar-refractivity contribution in [2.75, 3.05) is 7.05 Å². The van der Waals surface area contributed by atoms with Crippen LogP contribution in [-0.4, -0.2) is 34.1 Å². The number of benzene rings is 1. The summed E-state index contributed by atoms with van der Waals surface area (Å²) < 4.78 is 0. The first-order valence-corrected chi connectivity index (χ1v) is 5.64. The average molecular weight is 254 g/mol. The molecule has 1 amide bonds. The zero-order valence-electron chi connectivity index (χ0n) is 10.3. The van der Waals surface area contributed by atoms with Crippen LogP contribution < -0.4 is 0 Å². The lowest BCUT2D eigenvalue weighted by Gasteiger charge is -2.14. The molecule has 95 valence electrons. The van der Waals surface area contributed by atoms with Gasteiger partial charge in [-0.2, -0.15) is 0 Å². The van der Waals surface area contributed by atoms with Crippen LogP contribution in [0.1, 0.15) is 16.2 Å². The van der Waals surface area contributed by atoms with Crippen molar-refractivity contribution in [2.45, 2.75) is 0 Å². The van der Waals surface area contributed by atoms with Crippen LogP contribution in [0.4, 0.5) is 0 Å². The third-order valence-electron chi connectivity index (χ3n) is 2.57. The number of aromatic nitrogens is 2. The molecule has 0 aliphatic rings. The van der Waals surface area contributed by atoms with Gasteiger partial charge in [0.2, 0.25) is 0 Å². The molecule has 1 aromatic carbocycles. The van der Waals surface area contributed by atoms with Crippen LogP contribution in [0, 0.1) is 0 Å². The van der Waals surface area contributed by atoms with Crippen LogP contribution >= 0.6 is 0 Å². The maximum atomic E-state index is 12.0. The molecule has 1 heterocycles. The number of carbonyl (C=O) groups is 1. The number of hydrogen-bond acceptors (Lipinski definition) is 3. The summed E-state index contributed by atoms with van der Waals surface area (Å²) in [7, 11) is 1.50. The Labute approximate surface area is 110 Å². The second kappa shape index (κ2) is 5.77. The van der Waals surface area contributed by atoms with E-state index in [1.165, 1.54) is 18.1 Å². The second-order valence-electron chi connectivity index (χ2n) is 3.84. The van der Waals surface area contributed by atoms with Crippen LogP contribution in [0.25, 0.3) is 6.08 Å². The summed E-state index contributed by atoms with van der Waals surface area (Å²) in [6.45, 7) is 0. The van der Waals surface area contributed by atoms with Crippen molar-refractivity contribution in [3.05, 3.63) is 59.8 Å². The highest BCUT2D eigenvalue weighted by Gasteiger charge is 2.17. The Morgan fingerprint density at radius 2 is 2.11 bits per heavy atom. The zero-order chi connectivity index (χ0) is 13.7. The molecular weight excluding hydrogens is 242 g/mol. The van der Waals surface area contributed by atoms with E-state index >= 15 is 0 Å². The predicted octanol–water partition coefficient (Wildman–Crippen LogP) is 1.63. The Hall–Kier alpha value is -2.69. The molecular formula is C14H12N3O2. The van der Waals surface area contributed by atoms with Gasteiger partial charge in [0.25, 0.3) is 12.2 Å². The molecule has 0 saturated heterocycles. The van der Waals surface area contributed by atoms with E-state index < -0.39 is 5.91 Å². The number of likely N-dealkylation sites (N-methyl/N-ethyl adjacent to an activating group) is 1. The quantitative estimate of drug-likeness (QED) is 0.843. The van der Waals surface area contributed by atoms with Crippen molar-refractivity contribution < 1.29 is 9.59 Å². The minimum atomic E-state index is -0.393. The summed E-state index contributed by atoms with van der Waals surface area (Å²) in [5, 5.41) is 0. The van der Waals surface area contributed by atoms with Crippen LogP contribution in [0.15, 0.2) is 48.4 Å². The molecule has 0 spiro atoms. The van der Waals surface area contributed by atoms with Gasteiger partial charge in [0.15, 0.2) is 5.82 Å². The maximum absolute atomic E-state index is 12.0. The molecule has 0 unspecified atom stereocenters. The molecule has 0 aliphatic carbocycles. The van der Waals surface area contributed by atoms with Gasteiger partial charge < -0.3 is 9.88 Å². The van der Waals surface area contributed by atoms with Crippen LogP contribution in [0.5, 0.6) is 0 Å². The molecule has 0 fully saturated rings. The average Bonchev–Trinajstić information content (AvgIpc) is 2.98. The van der Waals surface area contributed by atoms with Crippen molar-refractivity contribution in [3.8, 4) is 0 Å². The number of aromatic amines is 1. The highest BCUT2D eigenvalue weighted by molar-refractivity contribution is 5.97. The normalized spacial score (nSPS) is 11.1. The largest absolute Gasteiger partial charge is 0.341 e. The fourth-order valence-electron chi connectivity index (χ4n) is 1.55. The summed E-state index contributed by atoms with van der Waals surface area (Å²) in [4.78, 5) is 30.8. The number of imidazole rings is 1. The van der Waals surface area contributed by atoms with Gasteiger partial charge in [0.1, 0.15) is 0 Å². The molecule has 0 saturated carbocycles. The number of amides is 1. The van der Waals surface area contributed by atoms with Gasteiger partial charge in [-0.05, 0) is 11.6 Å². The van der Waals surface area contributed by atoms with Gasteiger partial charge in [-0.3, -0.25) is 9.59 Å². The van der Waals surface area contributed by atoms with Gasteiger partial charge in [-0.25, -0.2) is 4.98 Å². The minimum Gasteiger partial charge on any atom is -0.341 e. The van der Waals surface area contributed by atoms with Gasteiger partial charge in [0, 0.05) is 19.4 Å². The summed E-state index contributed by atoms with van der Waals surface area (Å²) in [5.74, 6) is -0.216. The van der Waals surface area contributed by atoms with E-state index in [4.69, 9.17) is 0 Å². The number of H-pyrrole nitrogens is 1. The summed E-state index contributed by atoms with van der Waals surface area (Å²) in [6, 6.07) is 9.25. The van der Waals surface area contributed by atoms with E-state index in [2.05, 4.69) is 9.97 Å². The Balaban J connectivity index is 2.25. The third-order valence-corrected chi connectivity index (χ3v) is 2.57. The number of allylic oxidation sites excluding steroid dienone is 1. The SMILES string of the molecule is CN(C(=O)c1ncc[nH]1)C([C]=O)=Cc1ccccc1. The lowest BCUT2D eigenvalue weighted by Crippen LogP contribution is -2.27. The highest BCUT2D eigenvalue weighted by Crippen LogP contribution is 2.10. The van der Waals surface area contributed by atoms with E-state index in [1.54, 1.807) is 18.6 Å². The zero-order valence-corrected chi connectivity index (χ0v) is 10.3. The molecule has 2 aromatic rings. The number of carbonyl (C=O) groups excluding carboxylic acids is 2. The molecule has 1 aromatic heterocycles. The van der Waals surface area contributed by atoms with E-state index in [1.807, 2.05) is 30.3 Å². The molecule has 0 bridgehead atoms. The monoisotopic (exact) mass is 254 g/mol. The third kappa shape index (κ3) is 2.95. The topological polar surface area (TPSA) is 66.1 Å². The van der Waals surface area contributed by atoms with Crippen LogP contribution in [0.3, 0.4) is 0 Å². The first-order chi connectivity index (χ1) is 9.22. The standard InChI is InChI=1S/C14H12N3O2/c1-17(14(19)13-15-7-8-16-13)12(10-18)9-11-5-3-2-4-6-11/h2-9H,1H3,(H,15,16). The smallest absolute Gasteiger partial charge is 0.293 e. The summed E-state index contributed by atoms with van der Waals surface area (Å²) in [5.41, 5.74) is 0.965. The molecule has 5 nitrogen and oxygen atoms in total. The number of rotatable bonds is 4. The van der Waals surface area contributed by atoms with Crippen molar-refractivity contribution in [1.82, 2.24) is 14.9 Å². The summed E-state index contributed by atoms with van der Waals surface area (Å²) in [6.07, 6.45) is 6.39. The maximum Gasteiger partial charge on any atom is 0.293 e. The van der Waals surface area contributed by atoms with Gasteiger partial charge >= 0.3 is 0 Å². The fourth-order valence-corrected chi connectivity index (χ4v) is 1.55. The fraction of sp³-hybridized carbons (Fsp3) is 0.0714. The van der Waals surface area contributed by atoms with E-state index in [0.717, 1.165) is 5.56 Å². The highest BCUT2D eigenvalue weighted by atomic mass is 16.2. The van der Waals surface area contributed by atoms with Crippen molar-refractivity contribution >= 4 is 18.3 Å². The Morgan fingerprint density at radius 3 is 2.68 bits per heavy atom. The lowest BCUT2D eigenvalue weighted by atomic mass is 10.2. The molecule has 0 aliphatic heterocycles. The molecule has 2 rings (SSSR count). The summed E-state index contributed by atoms with van der Waals surface area (Å²) >= 11 is 0. The lowest BCUT2D eigenvalue weighted by molar-refractivity contribution is 0.0833. The van der Waals surface area contributed by atoms with Crippen LogP contribution in [0.2, 0.25) is 0 Å². The van der Waals surface area contributed by atoms with E-state index in [-0.39, 0.29) is 11.5 Å². The first-order valence-electron chi connectivity index (χ1n) is 5.64. The number of nitrogens with one attached hydrogen (secondary N) is 1. The van der Waals surface area contributed by atoms with Gasteiger partial charge in [0.05, 0.1) is 5.70 Å². The van der Waals surface area contributed by atoms with Gasteiger partial charge in [-0.1, -0.05) is 30.3 Å². The molecule has 5 heteroatoms.